The number of carbonyl (C=O) groups excluding carboxylic acids is 1. The monoisotopic (exact) mass is 348 g/mol. The summed E-state index contributed by atoms with van der Waals surface area (Å²) in [6.45, 7) is 2.84. The molecule has 0 bridgehead atoms. The minimum absolute atomic E-state index is 0.0174. The van der Waals surface area contributed by atoms with Crippen molar-refractivity contribution in [1.82, 2.24) is 4.90 Å². The molecule has 1 fully saturated rings. The molecule has 1 N–H and O–H groups in total. The van der Waals surface area contributed by atoms with Gasteiger partial charge in [-0.05, 0) is 38.3 Å². The van der Waals surface area contributed by atoms with Gasteiger partial charge >= 0.3 is 0 Å². The number of nitro benzene ring substituents is 1. The Morgan fingerprint density at radius 1 is 1.54 bits per heavy atom. The van der Waals surface area contributed by atoms with Crippen LogP contribution in [0.15, 0.2) is 30.0 Å². The van der Waals surface area contributed by atoms with Crippen LogP contribution in [-0.4, -0.2) is 28.3 Å². The normalized spacial score (nSPS) is 18.0. The molecule has 1 saturated heterocycles. The van der Waals surface area contributed by atoms with E-state index >= 15 is 0 Å². The Balaban J connectivity index is 2.16. The van der Waals surface area contributed by atoms with Crippen molar-refractivity contribution < 1.29 is 9.72 Å². The van der Waals surface area contributed by atoms with Crippen molar-refractivity contribution in [3.8, 4) is 6.07 Å². The van der Waals surface area contributed by atoms with Gasteiger partial charge in [-0.25, -0.2) is 0 Å². The van der Waals surface area contributed by atoms with Crippen LogP contribution >= 0.6 is 11.6 Å². The van der Waals surface area contributed by atoms with Gasteiger partial charge < -0.3 is 10.2 Å². The average molecular weight is 349 g/mol. The molecule has 126 valence electrons. The van der Waals surface area contributed by atoms with Crippen LogP contribution in [0.5, 0.6) is 0 Å². The van der Waals surface area contributed by atoms with Crippen molar-refractivity contribution in [2.24, 2.45) is 0 Å². The van der Waals surface area contributed by atoms with E-state index in [1.54, 1.807) is 6.20 Å². The number of amides is 1. The number of hydrogen-bond acceptors (Lipinski definition) is 5. The first kappa shape index (κ1) is 17.8. The first-order valence-corrected chi connectivity index (χ1v) is 7.93. The smallest absolute Gasteiger partial charge is 0.289 e. The van der Waals surface area contributed by atoms with Crippen molar-refractivity contribution in [3.05, 3.63) is 45.1 Å². The zero-order chi connectivity index (χ0) is 17.7. The summed E-state index contributed by atoms with van der Waals surface area (Å²) in [5.74, 6) is -0.605. The molecule has 0 radical (unpaired) electrons. The van der Waals surface area contributed by atoms with E-state index in [1.165, 1.54) is 18.2 Å². The lowest BCUT2D eigenvalue weighted by Gasteiger charge is -2.32. The van der Waals surface area contributed by atoms with E-state index in [0.717, 1.165) is 25.8 Å². The first-order chi connectivity index (χ1) is 11.4. The van der Waals surface area contributed by atoms with Crippen LogP contribution in [0.4, 0.5) is 11.4 Å². The summed E-state index contributed by atoms with van der Waals surface area (Å²) in [5.41, 5.74) is -0.132. The number of piperidine rings is 1. The SMILES string of the molecule is CC1CCCCN1/C=C(/C#N)C(=O)Nc1ccc(Cl)c([N+](=O)[O-])c1. The second-order valence-corrected chi connectivity index (χ2v) is 6.02. The first-order valence-electron chi connectivity index (χ1n) is 7.55. The summed E-state index contributed by atoms with van der Waals surface area (Å²) >= 11 is 5.74. The maximum absolute atomic E-state index is 12.3. The molecule has 0 aliphatic carbocycles. The Morgan fingerprint density at radius 3 is 2.92 bits per heavy atom. The van der Waals surface area contributed by atoms with Crippen molar-refractivity contribution >= 4 is 28.9 Å². The predicted octanol–water partition coefficient (Wildman–Crippen LogP) is 3.47. The van der Waals surface area contributed by atoms with Gasteiger partial charge in [0.05, 0.1) is 4.92 Å². The zero-order valence-electron chi connectivity index (χ0n) is 13.2. The van der Waals surface area contributed by atoms with E-state index in [9.17, 15) is 20.2 Å². The highest BCUT2D eigenvalue weighted by Crippen LogP contribution is 2.27. The summed E-state index contributed by atoms with van der Waals surface area (Å²) in [6.07, 6.45) is 4.72. The minimum Gasteiger partial charge on any atom is -0.373 e. The van der Waals surface area contributed by atoms with Gasteiger partial charge in [0.25, 0.3) is 11.6 Å². The molecule has 1 aromatic carbocycles. The van der Waals surface area contributed by atoms with Crippen LogP contribution in [-0.2, 0) is 4.79 Å². The molecule has 1 aliphatic rings. The number of anilines is 1. The van der Waals surface area contributed by atoms with E-state index in [-0.39, 0.29) is 28.0 Å². The van der Waals surface area contributed by atoms with E-state index in [2.05, 4.69) is 5.32 Å². The Morgan fingerprint density at radius 2 is 2.29 bits per heavy atom. The van der Waals surface area contributed by atoms with Gasteiger partial charge in [-0.2, -0.15) is 5.26 Å². The molecule has 1 heterocycles. The lowest BCUT2D eigenvalue weighted by Crippen LogP contribution is -2.34. The van der Waals surface area contributed by atoms with Gasteiger partial charge in [0, 0.05) is 30.5 Å². The van der Waals surface area contributed by atoms with Crippen LogP contribution < -0.4 is 5.32 Å². The molecule has 1 unspecified atom stereocenters. The largest absolute Gasteiger partial charge is 0.373 e. The lowest BCUT2D eigenvalue weighted by molar-refractivity contribution is -0.384. The van der Waals surface area contributed by atoms with Crippen LogP contribution in [0.2, 0.25) is 5.02 Å². The summed E-state index contributed by atoms with van der Waals surface area (Å²) < 4.78 is 0. The van der Waals surface area contributed by atoms with Gasteiger partial charge in [-0.15, -0.1) is 0 Å². The van der Waals surface area contributed by atoms with Crippen LogP contribution in [0, 0.1) is 21.4 Å². The molecule has 1 aromatic rings. The Kier molecular flexibility index (Phi) is 5.77. The highest BCUT2D eigenvalue weighted by molar-refractivity contribution is 6.32. The molecule has 0 aromatic heterocycles. The van der Waals surface area contributed by atoms with Gasteiger partial charge in [0.2, 0.25) is 0 Å². The maximum atomic E-state index is 12.3. The minimum atomic E-state index is -0.631. The van der Waals surface area contributed by atoms with Crippen molar-refractivity contribution in [2.45, 2.75) is 32.2 Å². The molecule has 7 nitrogen and oxygen atoms in total. The average Bonchev–Trinajstić information content (AvgIpc) is 2.55. The Hall–Kier alpha value is -2.59. The number of rotatable bonds is 4. The van der Waals surface area contributed by atoms with Crippen LogP contribution in [0.25, 0.3) is 0 Å². The Bertz CT molecular complexity index is 727. The molecule has 0 saturated carbocycles. The predicted molar refractivity (Wildman–Crippen MR) is 90.5 cm³/mol. The molecular weight excluding hydrogens is 332 g/mol. The molecule has 8 heteroatoms. The number of nitriles is 1. The lowest BCUT2D eigenvalue weighted by atomic mass is 10.0. The van der Waals surface area contributed by atoms with Crippen LogP contribution in [0.1, 0.15) is 26.2 Å². The number of benzene rings is 1. The second kappa shape index (κ2) is 7.79. The van der Waals surface area contributed by atoms with Gasteiger partial charge in [0.1, 0.15) is 16.7 Å². The maximum Gasteiger partial charge on any atom is 0.289 e. The fourth-order valence-electron chi connectivity index (χ4n) is 2.54. The van der Waals surface area contributed by atoms with Crippen molar-refractivity contribution in [1.29, 1.82) is 5.26 Å². The number of hydrogen-bond donors (Lipinski definition) is 1. The quantitative estimate of drug-likeness (QED) is 0.388. The molecular formula is C16H17ClN4O3. The standard InChI is InChI=1S/C16H17ClN4O3/c1-11-4-2-3-7-20(11)10-12(9-18)16(22)19-13-5-6-14(17)15(8-13)21(23)24/h5-6,8,10-11H,2-4,7H2,1H3,(H,19,22)/b12-10-. The van der Waals surface area contributed by atoms with Gasteiger partial charge in [0.15, 0.2) is 0 Å². The van der Waals surface area contributed by atoms with E-state index in [0.29, 0.717) is 0 Å². The number of nitrogens with one attached hydrogen (secondary N) is 1. The molecule has 1 atom stereocenters. The van der Waals surface area contributed by atoms with E-state index < -0.39 is 10.8 Å². The fraction of sp³-hybridized carbons (Fsp3) is 0.375. The molecule has 1 amide bonds. The summed E-state index contributed by atoms with van der Waals surface area (Å²) in [5, 5.41) is 22.6. The highest BCUT2D eigenvalue weighted by atomic mass is 35.5. The Labute approximate surface area is 144 Å². The van der Waals surface area contributed by atoms with E-state index in [4.69, 9.17) is 11.6 Å². The van der Waals surface area contributed by atoms with Gasteiger partial charge in [-0.1, -0.05) is 11.6 Å². The second-order valence-electron chi connectivity index (χ2n) is 5.61. The summed E-state index contributed by atoms with van der Waals surface area (Å²) in [7, 11) is 0. The van der Waals surface area contributed by atoms with Crippen molar-refractivity contribution in [3.63, 3.8) is 0 Å². The third-order valence-electron chi connectivity index (χ3n) is 3.92. The molecule has 1 aliphatic heterocycles. The molecule has 2 rings (SSSR count). The third kappa shape index (κ3) is 4.24. The topological polar surface area (TPSA) is 99.3 Å². The number of halogens is 1. The third-order valence-corrected chi connectivity index (χ3v) is 4.23. The number of likely N-dealkylation sites (tertiary alicyclic amines) is 1. The summed E-state index contributed by atoms with van der Waals surface area (Å²) in [6, 6.07) is 6.10. The fourth-order valence-corrected chi connectivity index (χ4v) is 2.73. The summed E-state index contributed by atoms with van der Waals surface area (Å²) in [4.78, 5) is 24.5. The molecule has 0 spiro atoms. The van der Waals surface area contributed by atoms with E-state index in [1.807, 2.05) is 17.9 Å². The molecule has 24 heavy (non-hydrogen) atoms. The van der Waals surface area contributed by atoms with Crippen LogP contribution in [0.3, 0.4) is 0 Å². The number of nitro groups is 1. The number of carbonyl (C=O) groups is 1. The number of nitrogens with zero attached hydrogens (tertiary/aromatic N) is 3. The van der Waals surface area contributed by atoms with Gasteiger partial charge in [-0.3, -0.25) is 14.9 Å². The zero-order valence-corrected chi connectivity index (χ0v) is 13.9. The van der Waals surface area contributed by atoms with Crippen molar-refractivity contribution in [2.75, 3.05) is 11.9 Å². The highest BCUT2D eigenvalue weighted by Gasteiger charge is 2.19.